The van der Waals surface area contributed by atoms with Gasteiger partial charge < -0.3 is 8.98 Å². The van der Waals surface area contributed by atoms with Gasteiger partial charge in [-0.05, 0) is 46.5 Å². The third kappa shape index (κ3) is 4.28. The maximum atomic E-state index is 6.98. The van der Waals surface area contributed by atoms with Gasteiger partial charge in [0.1, 0.15) is 5.58 Å². The van der Waals surface area contributed by atoms with E-state index in [1.54, 1.807) is 0 Å². The Morgan fingerprint density at radius 1 is 0.442 bits per heavy atom. The van der Waals surface area contributed by atoms with E-state index < -0.39 is 0 Å². The van der Waals surface area contributed by atoms with Crippen molar-refractivity contribution in [3.8, 4) is 39.6 Å². The standard InChI is InChI=1S/C48H29N3O/c1-3-14-30(15-4-1)40-29-41(50-48(49-40)31-16-5-2-6-17-31)38-23-13-25-44-45(38)39-27-26-37-36-22-11-12-24-42(36)51(46(37)47(39)52-44)43-28-32-18-7-8-19-33(32)34-20-9-10-21-35(34)43/h1-29H. The second-order valence-corrected chi connectivity index (χ2v) is 13.3. The molecule has 3 heterocycles. The van der Waals surface area contributed by atoms with Gasteiger partial charge in [0.15, 0.2) is 11.4 Å². The summed E-state index contributed by atoms with van der Waals surface area (Å²) in [7, 11) is 0. The summed E-state index contributed by atoms with van der Waals surface area (Å²) < 4.78 is 9.40. The Kier molecular flexibility index (Phi) is 6.22. The molecule has 52 heavy (non-hydrogen) atoms. The molecular formula is C48H29N3O. The summed E-state index contributed by atoms with van der Waals surface area (Å²) in [5.74, 6) is 0.687. The molecule has 0 saturated carbocycles. The summed E-state index contributed by atoms with van der Waals surface area (Å²) in [5, 5.41) is 9.30. The number of benzene rings is 8. The molecule has 0 aliphatic heterocycles. The second-order valence-electron chi connectivity index (χ2n) is 13.3. The molecule has 242 valence electrons. The predicted octanol–water partition coefficient (Wildman–Crippen LogP) is 12.8. The number of hydrogen-bond donors (Lipinski definition) is 0. The Bertz CT molecular complexity index is 3120. The summed E-state index contributed by atoms with van der Waals surface area (Å²) >= 11 is 0. The van der Waals surface area contributed by atoms with Gasteiger partial charge in [-0.1, -0.05) is 146 Å². The SMILES string of the molecule is c1ccc(-c2cc(-c3cccc4oc5c(ccc6c7ccccc7n(-c7cc8ccccc8c8ccccc78)c65)c34)nc(-c3ccccc3)n2)cc1. The molecule has 0 unspecified atom stereocenters. The van der Waals surface area contributed by atoms with Gasteiger partial charge in [-0.25, -0.2) is 9.97 Å². The van der Waals surface area contributed by atoms with Gasteiger partial charge in [0.2, 0.25) is 0 Å². The van der Waals surface area contributed by atoms with Gasteiger partial charge in [0.05, 0.1) is 28.1 Å². The van der Waals surface area contributed by atoms with Gasteiger partial charge >= 0.3 is 0 Å². The monoisotopic (exact) mass is 663 g/mol. The molecule has 11 aromatic rings. The van der Waals surface area contributed by atoms with Gasteiger partial charge in [-0.15, -0.1) is 0 Å². The largest absolute Gasteiger partial charge is 0.454 e. The number of nitrogens with zero attached hydrogens (tertiary/aromatic N) is 3. The number of rotatable bonds is 4. The van der Waals surface area contributed by atoms with Crippen LogP contribution in [0.15, 0.2) is 180 Å². The van der Waals surface area contributed by atoms with E-state index in [0.29, 0.717) is 5.82 Å². The third-order valence-electron chi connectivity index (χ3n) is 10.4. The lowest BCUT2D eigenvalue weighted by Crippen LogP contribution is -1.96. The van der Waals surface area contributed by atoms with Crippen LogP contribution in [0.4, 0.5) is 0 Å². The quantitative estimate of drug-likeness (QED) is 0.176. The summed E-state index contributed by atoms with van der Waals surface area (Å²) in [6.45, 7) is 0. The molecule has 11 rings (SSSR count). The number of para-hydroxylation sites is 1. The van der Waals surface area contributed by atoms with Crippen LogP contribution in [0.5, 0.6) is 0 Å². The van der Waals surface area contributed by atoms with Crippen molar-refractivity contribution in [2.75, 3.05) is 0 Å². The summed E-state index contributed by atoms with van der Waals surface area (Å²) in [6.07, 6.45) is 0. The van der Waals surface area contributed by atoms with E-state index in [-0.39, 0.29) is 0 Å². The highest BCUT2D eigenvalue weighted by Crippen LogP contribution is 2.44. The van der Waals surface area contributed by atoms with Crippen LogP contribution in [-0.2, 0) is 0 Å². The lowest BCUT2D eigenvalue weighted by Gasteiger charge is -2.14. The molecular weight excluding hydrogens is 635 g/mol. The molecule has 0 amide bonds. The Morgan fingerprint density at radius 3 is 1.92 bits per heavy atom. The van der Waals surface area contributed by atoms with E-state index in [1.807, 2.05) is 36.4 Å². The minimum atomic E-state index is 0.687. The first-order chi connectivity index (χ1) is 25.8. The van der Waals surface area contributed by atoms with Gasteiger partial charge in [-0.3, -0.25) is 0 Å². The fraction of sp³-hybridized carbons (Fsp3) is 0. The van der Waals surface area contributed by atoms with Crippen molar-refractivity contribution in [3.63, 3.8) is 0 Å². The first-order valence-electron chi connectivity index (χ1n) is 17.6. The number of aromatic nitrogens is 3. The fourth-order valence-electron chi connectivity index (χ4n) is 8.07. The zero-order chi connectivity index (χ0) is 34.2. The predicted molar refractivity (Wildman–Crippen MR) is 215 cm³/mol. The van der Waals surface area contributed by atoms with Crippen molar-refractivity contribution < 1.29 is 4.42 Å². The lowest BCUT2D eigenvalue weighted by atomic mass is 9.99. The van der Waals surface area contributed by atoms with Gasteiger partial charge in [0, 0.05) is 43.6 Å². The lowest BCUT2D eigenvalue weighted by molar-refractivity contribution is 0.671. The maximum Gasteiger partial charge on any atom is 0.160 e. The Balaban J connectivity index is 1.24. The highest BCUT2D eigenvalue weighted by molar-refractivity contribution is 6.24. The maximum absolute atomic E-state index is 6.98. The van der Waals surface area contributed by atoms with E-state index in [1.165, 1.54) is 26.9 Å². The van der Waals surface area contributed by atoms with E-state index in [9.17, 15) is 0 Å². The zero-order valence-corrected chi connectivity index (χ0v) is 28.0. The smallest absolute Gasteiger partial charge is 0.160 e. The number of hydrogen-bond acceptors (Lipinski definition) is 3. The van der Waals surface area contributed by atoms with Crippen LogP contribution >= 0.6 is 0 Å². The number of furan rings is 1. The molecule has 0 N–H and O–H groups in total. The minimum Gasteiger partial charge on any atom is -0.454 e. The average molecular weight is 664 g/mol. The van der Waals surface area contributed by atoms with Crippen LogP contribution < -0.4 is 0 Å². The van der Waals surface area contributed by atoms with Crippen molar-refractivity contribution in [3.05, 3.63) is 176 Å². The highest BCUT2D eigenvalue weighted by atomic mass is 16.3. The van der Waals surface area contributed by atoms with E-state index in [4.69, 9.17) is 14.4 Å². The zero-order valence-electron chi connectivity index (χ0n) is 28.0. The minimum absolute atomic E-state index is 0.687. The molecule has 0 radical (unpaired) electrons. The molecule has 0 saturated heterocycles. The highest BCUT2D eigenvalue weighted by Gasteiger charge is 2.23. The third-order valence-corrected chi connectivity index (χ3v) is 10.4. The van der Waals surface area contributed by atoms with Crippen molar-refractivity contribution >= 4 is 65.3 Å². The summed E-state index contributed by atoms with van der Waals surface area (Å²) in [5.41, 5.74) is 9.75. The van der Waals surface area contributed by atoms with Crippen LogP contribution in [0.3, 0.4) is 0 Å². The fourth-order valence-corrected chi connectivity index (χ4v) is 8.07. The number of fused-ring (bicyclic) bond motifs is 10. The molecule has 8 aromatic carbocycles. The van der Waals surface area contributed by atoms with Crippen LogP contribution in [0.1, 0.15) is 0 Å². The summed E-state index contributed by atoms with van der Waals surface area (Å²) in [4.78, 5) is 10.3. The molecule has 4 nitrogen and oxygen atoms in total. The van der Waals surface area contributed by atoms with Crippen molar-refractivity contribution in [1.29, 1.82) is 0 Å². The molecule has 0 aliphatic rings. The Morgan fingerprint density at radius 2 is 1.10 bits per heavy atom. The topological polar surface area (TPSA) is 43.9 Å². The first-order valence-corrected chi connectivity index (χ1v) is 17.6. The Labute approximate surface area is 298 Å². The second kappa shape index (κ2) is 11.2. The molecule has 0 atom stereocenters. The Hall–Kier alpha value is -7.04. The van der Waals surface area contributed by atoms with Crippen LogP contribution in [0, 0.1) is 0 Å². The molecule has 0 aliphatic carbocycles. The van der Waals surface area contributed by atoms with E-state index in [2.05, 4.69) is 144 Å². The molecule has 0 spiro atoms. The van der Waals surface area contributed by atoms with Crippen LogP contribution in [0.25, 0.3) is 105 Å². The van der Waals surface area contributed by atoms with Gasteiger partial charge in [0.25, 0.3) is 0 Å². The van der Waals surface area contributed by atoms with E-state index in [0.717, 1.165) is 72.1 Å². The molecule has 4 heteroatoms. The van der Waals surface area contributed by atoms with Crippen LogP contribution in [-0.4, -0.2) is 14.5 Å². The molecule has 0 bridgehead atoms. The van der Waals surface area contributed by atoms with Crippen LogP contribution in [0.2, 0.25) is 0 Å². The normalized spacial score (nSPS) is 11.8. The first kappa shape index (κ1) is 28.8. The van der Waals surface area contributed by atoms with E-state index >= 15 is 0 Å². The van der Waals surface area contributed by atoms with Crippen molar-refractivity contribution in [2.24, 2.45) is 0 Å². The van der Waals surface area contributed by atoms with Crippen molar-refractivity contribution in [1.82, 2.24) is 14.5 Å². The van der Waals surface area contributed by atoms with Gasteiger partial charge in [-0.2, -0.15) is 0 Å². The molecule has 3 aromatic heterocycles. The van der Waals surface area contributed by atoms with Crippen molar-refractivity contribution in [2.45, 2.75) is 0 Å². The molecule has 0 fully saturated rings. The average Bonchev–Trinajstić information content (AvgIpc) is 3.77. The summed E-state index contributed by atoms with van der Waals surface area (Å²) in [6, 6.07) is 61.8.